The predicted octanol–water partition coefficient (Wildman–Crippen LogP) is 4.32. The van der Waals surface area contributed by atoms with E-state index < -0.39 is 0 Å². The number of benzene rings is 1. The molecule has 16 heavy (non-hydrogen) atoms. The molecular weight excluding hydrogens is 240 g/mol. The lowest BCUT2D eigenvalue weighted by atomic mass is 9.81. The largest absolute Gasteiger partial charge is 0.331 e. The number of imidazole rings is 1. The number of H-pyrrole nitrogens is 1. The summed E-state index contributed by atoms with van der Waals surface area (Å²) < 4.78 is 3.05. The number of fused-ring (bicyclic) bond motifs is 1. The molecule has 4 heteroatoms. The first-order valence-electron chi connectivity index (χ1n) is 5.55. The van der Waals surface area contributed by atoms with Gasteiger partial charge in [0.05, 0.1) is 11.0 Å². The van der Waals surface area contributed by atoms with E-state index in [0.717, 1.165) is 21.2 Å². The summed E-state index contributed by atoms with van der Waals surface area (Å²) in [6.07, 6.45) is 2.45. The van der Waals surface area contributed by atoms with E-state index in [0.29, 0.717) is 6.04 Å². The number of nitrogens with zero attached hydrogens (tertiary/aromatic N) is 1. The van der Waals surface area contributed by atoms with E-state index in [2.05, 4.69) is 16.5 Å². The van der Waals surface area contributed by atoms with Gasteiger partial charge in [0.2, 0.25) is 0 Å². The summed E-state index contributed by atoms with van der Waals surface area (Å²) in [6.45, 7) is 2.28. The van der Waals surface area contributed by atoms with Crippen LogP contribution >= 0.6 is 23.8 Å². The Labute approximate surface area is 104 Å². The van der Waals surface area contributed by atoms with Gasteiger partial charge in [-0.1, -0.05) is 18.5 Å². The van der Waals surface area contributed by atoms with Crippen LogP contribution in [-0.4, -0.2) is 9.55 Å². The SMILES string of the molecule is CC1CC(n2c(=S)[nH]c3cc(Cl)ccc32)C1. The first-order valence-corrected chi connectivity index (χ1v) is 6.33. The molecule has 0 amide bonds. The number of halogens is 1. The number of hydrogen-bond donors (Lipinski definition) is 1. The van der Waals surface area contributed by atoms with Crippen molar-refractivity contribution in [3.63, 3.8) is 0 Å². The van der Waals surface area contributed by atoms with Gasteiger partial charge in [-0.3, -0.25) is 0 Å². The van der Waals surface area contributed by atoms with Crippen molar-refractivity contribution < 1.29 is 0 Å². The fourth-order valence-electron chi connectivity index (χ4n) is 2.54. The van der Waals surface area contributed by atoms with Crippen LogP contribution in [0.5, 0.6) is 0 Å². The third-order valence-corrected chi connectivity index (χ3v) is 3.93. The highest BCUT2D eigenvalue weighted by atomic mass is 35.5. The molecule has 2 aromatic rings. The van der Waals surface area contributed by atoms with E-state index in [9.17, 15) is 0 Å². The summed E-state index contributed by atoms with van der Waals surface area (Å²) in [6, 6.07) is 6.47. The molecule has 1 saturated carbocycles. The van der Waals surface area contributed by atoms with Gasteiger partial charge in [-0.25, -0.2) is 0 Å². The summed E-state index contributed by atoms with van der Waals surface area (Å²) in [4.78, 5) is 3.23. The summed E-state index contributed by atoms with van der Waals surface area (Å²) in [5, 5.41) is 0.748. The molecule has 0 spiro atoms. The van der Waals surface area contributed by atoms with E-state index in [1.807, 2.05) is 18.2 Å². The predicted molar refractivity (Wildman–Crippen MR) is 69.6 cm³/mol. The minimum atomic E-state index is 0.567. The Morgan fingerprint density at radius 1 is 1.44 bits per heavy atom. The average Bonchev–Trinajstić information content (AvgIpc) is 2.48. The summed E-state index contributed by atoms with van der Waals surface area (Å²) in [7, 11) is 0. The molecule has 1 heterocycles. The summed E-state index contributed by atoms with van der Waals surface area (Å²) in [5.41, 5.74) is 2.21. The van der Waals surface area contributed by atoms with Gasteiger partial charge in [-0.2, -0.15) is 0 Å². The minimum Gasteiger partial charge on any atom is -0.331 e. The highest BCUT2D eigenvalue weighted by Gasteiger charge is 2.28. The number of nitrogens with one attached hydrogen (secondary N) is 1. The third-order valence-electron chi connectivity index (χ3n) is 3.39. The maximum atomic E-state index is 5.97. The van der Waals surface area contributed by atoms with Crippen LogP contribution in [0.25, 0.3) is 11.0 Å². The van der Waals surface area contributed by atoms with Crippen molar-refractivity contribution in [3.8, 4) is 0 Å². The second-order valence-electron chi connectivity index (χ2n) is 4.69. The fraction of sp³-hybridized carbons (Fsp3) is 0.417. The van der Waals surface area contributed by atoms with Crippen LogP contribution in [0.2, 0.25) is 5.02 Å². The van der Waals surface area contributed by atoms with E-state index in [1.165, 1.54) is 18.4 Å². The van der Waals surface area contributed by atoms with E-state index in [-0.39, 0.29) is 0 Å². The highest BCUT2D eigenvalue weighted by Crippen LogP contribution is 2.39. The zero-order chi connectivity index (χ0) is 11.3. The van der Waals surface area contributed by atoms with Crippen LogP contribution in [0.3, 0.4) is 0 Å². The van der Waals surface area contributed by atoms with Gasteiger partial charge >= 0.3 is 0 Å². The monoisotopic (exact) mass is 252 g/mol. The Hall–Kier alpha value is -0.800. The molecule has 1 aliphatic rings. The van der Waals surface area contributed by atoms with Gasteiger partial charge in [0.1, 0.15) is 0 Å². The molecule has 0 radical (unpaired) electrons. The number of aromatic amines is 1. The first-order chi connectivity index (χ1) is 7.65. The highest BCUT2D eigenvalue weighted by molar-refractivity contribution is 7.71. The van der Waals surface area contributed by atoms with Crippen LogP contribution in [0.4, 0.5) is 0 Å². The van der Waals surface area contributed by atoms with Crippen LogP contribution in [0.1, 0.15) is 25.8 Å². The summed E-state index contributed by atoms with van der Waals surface area (Å²) >= 11 is 11.3. The van der Waals surface area contributed by atoms with Crippen molar-refractivity contribution in [1.29, 1.82) is 0 Å². The molecule has 3 rings (SSSR count). The third kappa shape index (κ3) is 1.50. The van der Waals surface area contributed by atoms with E-state index in [1.54, 1.807) is 0 Å². The Morgan fingerprint density at radius 2 is 2.19 bits per heavy atom. The lowest BCUT2D eigenvalue weighted by Gasteiger charge is -2.34. The van der Waals surface area contributed by atoms with Crippen molar-refractivity contribution in [1.82, 2.24) is 9.55 Å². The van der Waals surface area contributed by atoms with Gasteiger partial charge < -0.3 is 9.55 Å². The quantitative estimate of drug-likeness (QED) is 0.750. The minimum absolute atomic E-state index is 0.567. The van der Waals surface area contributed by atoms with Gasteiger partial charge in [0, 0.05) is 11.1 Å². The molecular formula is C12H13ClN2S. The molecule has 1 N–H and O–H groups in total. The average molecular weight is 253 g/mol. The Bertz CT molecular complexity index is 593. The van der Waals surface area contributed by atoms with Gasteiger partial charge in [0.25, 0.3) is 0 Å². The Balaban J connectivity index is 2.17. The lowest BCUT2D eigenvalue weighted by Crippen LogP contribution is -2.24. The number of rotatable bonds is 1. The van der Waals surface area contributed by atoms with Crippen molar-refractivity contribution in [3.05, 3.63) is 28.0 Å². The molecule has 1 aliphatic carbocycles. The lowest BCUT2D eigenvalue weighted by molar-refractivity contribution is 0.219. The van der Waals surface area contributed by atoms with Gasteiger partial charge in [0.15, 0.2) is 4.77 Å². The Kier molecular flexibility index (Phi) is 2.33. The van der Waals surface area contributed by atoms with Crippen molar-refractivity contribution >= 4 is 34.9 Å². The maximum absolute atomic E-state index is 5.97. The molecule has 1 fully saturated rings. The molecule has 2 nitrogen and oxygen atoms in total. The first kappa shape index (κ1) is 10.4. The van der Waals surface area contributed by atoms with Crippen LogP contribution in [0, 0.1) is 10.7 Å². The van der Waals surface area contributed by atoms with E-state index >= 15 is 0 Å². The second kappa shape index (κ2) is 3.60. The maximum Gasteiger partial charge on any atom is 0.178 e. The molecule has 1 aromatic heterocycles. The zero-order valence-corrected chi connectivity index (χ0v) is 10.6. The molecule has 0 aliphatic heterocycles. The Morgan fingerprint density at radius 3 is 2.88 bits per heavy atom. The molecule has 0 saturated heterocycles. The van der Waals surface area contributed by atoms with Gasteiger partial charge in [-0.05, 0) is 49.2 Å². The van der Waals surface area contributed by atoms with Gasteiger partial charge in [-0.15, -0.1) is 0 Å². The fourth-order valence-corrected chi connectivity index (χ4v) is 3.07. The van der Waals surface area contributed by atoms with Crippen molar-refractivity contribution in [2.75, 3.05) is 0 Å². The normalized spacial score (nSPS) is 24.6. The molecule has 1 aromatic carbocycles. The van der Waals surface area contributed by atoms with Crippen molar-refractivity contribution in [2.24, 2.45) is 5.92 Å². The number of aromatic nitrogens is 2. The van der Waals surface area contributed by atoms with Crippen LogP contribution in [0.15, 0.2) is 18.2 Å². The standard InChI is InChI=1S/C12H13ClN2S/c1-7-4-9(5-7)15-11-3-2-8(13)6-10(11)14-12(15)16/h2-3,6-7,9H,4-5H2,1H3,(H,14,16). The second-order valence-corrected chi connectivity index (χ2v) is 5.52. The van der Waals surface area contributed by atoms with Crippen LogP contribution in [-0.2, 0) is 0 Å². The smallest absolute Gasteiger partial charge is 0.178 e. The van der Waals surface area contributed by atoms with E-state index in [4.69, 9.17) is 23.8 Å². The number of hydrogen-bond acceptors (Lipinski definition) is 1. The molecule has 0 bridgehead atoms. The molecule has 0 atom stereocenters. The van der Waals surface area contributed by atoms with Crippen LogP contribution < -0.4 is 0 Å². The molecule has 0 unspecified atom stereocenters. The molecule has 84 valence electrons. The zero-order valence-electron chi connectivity index (χ0n) is 9.03. The summed E-state index contributed by atoms with van der Waals surface area (Å²) in [5.74, 6) is 0.823. The topological polar surface area (TPSA) is 20.7 Å². The van der Waals surface area contributed by atoms with Crippen molar-refractivity contribution in [2.45, 2.75) is 25.8 Å².